The second kappa shape index (κ2) is 7.93. The predicted molar refractivity (Wildman–Crippen MR) is 117 cm³/mol. The van der Waals surface area contributed by atoms with Crippen LogP contribution < -0.4 is 4.90 Å². The van der Waals surface area contributed by atoms with E-state index in [2.05, 4.69) is 21.7 Å². The fourth-order valence-electron chi connectivity index (χ4n) is 4.32. The zero-order valence-corrected chi connectivity index (χ0v) is 17.7. The normalized spacial score (nSPS) is 20.0. The Labute approximate surface area is 175 Å². The SMILES string of the molecule is CN1CCC(CN2CCN(c3nn4cc(-c5ccc(O)cc5)nc4s3)CC2)CC1. The van der Waals surface area contributed by atoms with Crippen LogP contribution in [0.15, 0.2) is 30.5 Å². The van der Waals surface area contributed by atoms with Crippen LogP contribution in [-0.2, 0) is 0 Å². The monoisotopic (exact) mass is 412 g/mol. The number of rotatable bonds is 4. The van der Waals surface area contributed by atoms with E-state index in [1.165, 1.54) is 32.5 Å². The van der Waals surface area contributed by atoms with Gasteiger partial charge in [-0.2, -0.15) is 0 Å². The summed E-state index contributed by atoms with van der Waals surface area (Å²) in [6.45, 7) is 8.05. The Morgan fingerprint density at radius 2 is 1.76 bits per heavy atom. The number of fused-ring (bicyclic) bond motifs is 1. The van der Waals surface area contributed by atoms with Crippen molar-refractivity contribution >= 4 is 21.4 Å². The van der Waals surface area contributed by atoms with Gasteiger partial charge in [-0.05, 0) is 63.2 Å². The van der Waals surface area contributed by atoms with E-state index >= 15 is 0 Å². The van der Waals surface area contributed by atoms with Gasteiger partial charge in [-0.1, -0.05) is 11.3 Å². The quantitative estimate of drug-likeness (QED) is 0.711. The van der Waals surface area contributed by atoms with Crippen molar-refractivity contribution in [1.29, 1.82) is 0 Å². The lowest BCUT2D eigenvalue weighted by Crippen LogP contribution is -2.48. The number of likely N-dealkylation sites (tertiary alicyclic amines) is 1. The molecule has 2 aliphatic rings. The Kier molecular flexibility index (Phi) is 5.15. The number of hydrogen-bond donors (Lipinski definition) is 1. The average molecular weight is 413 g/mol. The summed E-state index contributed by atoms with van der Waals surface area (Å²) >= 11 is 1.65. The Morgan fingerprint density at radius 3 is 2.45 bits per heavy atom. The Bertz CT molecular complexity index is 920. The molecule has 2 aromatic heterocycles. The second-order valence-electron chi connectivity index (χ2n) is 8.32. The number of hydrogen-bond acceptors (Lipinski definition) is 7. The van der Waals surface area contributed by atoms with Crippen LogP contribution in [0.4, 0.5) is 5.13 Å². The van der Waals surface area contributed by atoms with Gasteiger partial charge in [0.25, 0.3) is 0 Å². The number of piperazine rings is 1. The smallest absolute Gasteiger partial charge is 0.214 e. The summed E-state index contributed by atoms with van der Waals surface area (Å²) in [7, 11) is 2.23. The molecule has 1 aromatic carbocycles. The van der Waals surface area contributed by atoms with Gasteiger partial charge < -0.3 is 14.9 Å². The number of benzene rings is 1. The molecule has 154 valence electrons. The minimum absolute atomic E-state index is 0.269. The van der Waals surface area contributed by atoms with Gasteiger partial charge in [0.2, 0.25) is 10.1 Å². The molecule has 0 aliphatic carbocycles. The highest BCUT2D eigenvalue weighted by molar-refractivity contribution is 7.20. The molecule has 7 nitrogen and oxygen atoms in total. The number of piperidine rings is 1. The van der Waals surface area contributed by atoms with Crippen LogP contribution >= 0.6 is 11.3 Å². The third-order valence-electron chi connectivity index (χ3n) is 6.19. The van der Waals surface area contributed by atoms with Gasteiger partial charge in [0.1, 0.15) is 5.75 Å². The molecule has 0 saturated carbocycles. The van der Waals surface area contributed by atoms with E-state index < -0.39 is 0 Å². The largest absolute Gasteiger partial charge is 0.508 e. The Hall–Kier alpha value is -2.16. The van der Waals surface area contributed by atoms with Crippen molar-refractivity contribution in [2.24, 2.45) is 5.92 Å². The highest BCUT2D eigenvalue weighted by atomic mass is 32.1. The summed E-state index contributed by atoms with van der Waals surface area (Å²) in [5.41, 5.74) is 1.88. The summed E-state index contributed by atoms with van der Waals surface area (Å²) < 4.78 is 1.88. The van der Waals surface area contributed by atoms with E-state index in [1.807, 2.05) is 22.8 Å². The maximum atomic E-state index is 9.46. The minimum Gasteiger partial charge on any atom is -0.508 e. The number of anilines is 1. The first-order valence-electron chi connectivity index (χ1n) is 10.5. The van der Waals surface area contributed by atoms with Crippen molar-refractivity contribution in [2.45, 2.75) is 12.8 Å². The molecule has 8 heteroatoms. The van der Waals surface area contributed by atoms with Crippen LogP contribution in [0, 0.1) is 5.92 Å². The van der Waals surface area contributed by atoms with Crippen molar-refractivity contribution in [2.75, 3.05) is 57.8 Å². The molecule has 5 rings (SSSR count). The number of aromatic nitrogens is 3. The van der Waals surface area contributed by atoms with Crippen molar-refractivity contribution in [1.82, 2.24) is 24.4 Å². The second-order valence-corrected chi connectivity index (χ2v) is 9.25. The fourth-order valence-corrected chi connectivity index (χ4v) is 5.26. The molecule has 29 heavy (non-hydrogen) atoms. The van der Waals surface area contributed by atoms with E-state index in [-0.39, 0.29) is 5.75 Å². The van der Waals surface area contributed by atoms with E-state index in [0.29, 0.717) is 0 Å². The molecular formula is C21H28N6OS. The average Bonchev–Trinajstić information content (AvgIpc) is 3.30. The first kappa shape index (κ1) is 18.8. The maximum Gasteiger partial charge on any atom is 0.214 e. The van der Waals surface area contributed by atoms with Gasteiger partial charge in [0.15, 0.2) is 0 Å². The molecule has 3 aromatic rings. The standard InChI is InChI=1S/C21H28N6OS/c1-24-8-6-16(7-9-24)14-25-10-12-26(13-11-25)21-23-27-15-19(22-20(27)29-21)17-2-4-18(28)5-3-17/h2-5,15-16,28H,6-14H2,1H3. The van der Waals surface area contributed by atoms with Crippen LogP contribution in [0.3, 0.4) is 0 Å². The fraction of sp³-hybridized carbons (Fsp3) is 0.524. The van der Waals surface area contributed by atoms with Gasteiger partial charge in [-0.25, -0.2) is 9.50 Å². The zero-order chi connectivity index (χ0) is 19.8. The minimum atomic E-state index is 0.269. The summed E-state index contributed by atoms with van der Waals surface area (Å²) in [6, 6.07) is 7.14. The molecule has 2 fully saturated rings. The van der Waals surface area contributed by atoms with E-state index in [4.69, 9.17) is 10.1 Å². The predicted octanol–water partition coefficient (Wildman–Crippen LogP) is 2.63. The summed E-state index contributed by atoms with van der Waals surface area (Å²) in [5, 5.41) is 15.3. The number of nitrogens with zero attached hydrogens (tertiary/aromatic N) is 6. The molecule has 2 saturated heterocycles. The summed E-state index contributed by atoms with van der Waals surface area (Å²) in [6.07, 6.45) is 4.64. The van der Waals surface area contributed by atoms with Crippen molar-refractivity contribution < 1.29 is 5.11 Å². The molecular weight excluding hydrogens is 384 g/mol. The molecule has 0 unspecified atom stereocenters. The van der Waals surface area contributed by atoms with Crippen LogP contribution in [0.1, 0.15) is 12.8 Å². The number of phenolic OH excluding ortho intramolecular Hbond substituents is 1. The third-order valence-corrected chi connectivity index (χ3v) is 7.18. The molecule has 0 amide bonds. The van der Waals surface area contributed by atoms with E-state index in [0.717, 1.165) is 53.4 Å². The van der Waals surface area contributed by atoms with Crippen LogP contribution in [0.25, 0.3) is 16.2 Å². The zero-order valence-electron chi connectivity index (χ0n) is 16.9. The van der Waals surface area contributed by atoms with Gasteiger partial charge in [-0.3, -0.25) is 4.90 Å². The van der Waals surface area contributed by atoms with Crippen molar-refractivity contribution in [3.05, 3.63) is 30.5 Å². The summed E-state index contributed by atoms with van der Waals surface area (Å²) in [4.78, 5) is 13.1. The van der Waals surface area contributed by atoms with Crippen molar-refractivity contribution in [3.8, 4) is 17.0 Å². The lowest BCUT2D eigenvalue weighted by atomic mass is 9.96. The molecule has 2 aliphatic heterocycles. The molecule has 0 atom stereocenters. The summed E-state index contributed by atoms with van der Waals surface area (Å²) in [5.74, 6) is 1.13. The molecule has 0 radical (unpaired) electrons. The number of imidazole rings is 1. The van der Waals surface area contributed by atoms with Crippen LogP contribution in [0.2, 0.25) is 0 Å². The van der Waals surface area contributed by atoms with E-state index in [1.54, 1.807) is 23.5 Å². The highest BCUT2D eigenvalue weighted by Crippen LogP contribution is 2.28. The van der Waals surface area contributed by atoms with Gasteiger partial charge >= 0.3 is 0 Å². The molecule has 0 bridgehead atoms. The molecule has 1 N–H and O–H groups in total. The topological polar surface area (TPSA) is 60.1 Å². The lowest BCUT2D eigenvalue weighted by Gasteiger charge is -2.38. The van der Waals surface area contributed by atoms with Gasteiger partial charge in [0, 0.05) is 38.3 Å². The highest BCUT2D eigenvalue weighted by Gasteiger charge is 2.24. The van der Waals surface area contributed by atoms with Gasteiger partial charge in [0.05, 0.1) is 11.9 Å². The van der Waals surface area contributed by atoms with Gasteiger partial charge in [-0.15, -0.1) is 5.10 Å². The lowest BCUT2D eigenvalue weighted by molar-refractivity contribution is 0.155. The Balaban J connectivity index is 1.20. The van der Waals surface area contributed by atoms with Crippen LogP contribution in [-0.4, -0.2) is 82.4 Å². The Morgan fingerprint density at radius 1 is 1.03 bits per heavy atom. The first-order valence-corrected chi connectivity index (χ1v) is 11.3. The molecule has 0 spiro atoms. The number of aromatic hydroxyl groups is 1. The third kappa shape index (κ3) is 4.10. The van der Waals surface area contributed by atoms with Crippen molar-refractivity contribution in [3.63, 3.8) is 0 Å². The first-order chi connectivity index (χ1) is 14.1. The number of phenols is 1. The maximum absolute atomic E-state index is 9.46. The van der Waals surface area contributed by atoms with Crippen LogP contribution in [0.5, 0.6) is 5.75 Å². The van der Waals surface area contributed by atoms with E-state index in [9.17, 15) is 5.11 Å². The molecule has 4 heterocycles.